The molecule has 2 heterocycles. The van der Waals surface area contributed by atoms with Gasteiger partial charge in [-0.25, -0.2) is 14.5 Å². The summed E-state index contributed by atoms with van der Waals surface area (Å²) in [6, 6.07) is 2.98. The van der Waals surface area contributed by atoms with Crippen LogP contribution in [0.4, 0.5) is 22.0 Å². The van der Waals surface area contributed by atoms with Gasteiger partial charge < -0.3 is 24.7 Å². The first-order valence-corrected chi connectivity index (χ1v) is 8.23. The Hall–Kier alpha value is -3.49. The Balaban J connectivity index is 2.42. The molecule has 0 bridgehead atoms. The van der Waals surface area contributed by atoms with E-state index in [1.54, 1.807) is 30.9 Å². The van der Waals surface area contributed by atoms with Crippen LogP contribution in [0.3, 0.4) is 0 Å². The molecule has 0 aliphatic carbocycles. The van der Waals surface area contributed by atoms with Gasteiger partial charge in [-0.05, 0) is 12.5 Å². The Morgan fingerprint density at radius 3 is 2.37 bits per heavy atom. The molecule has 2 aromatic heterocycles. The number of hydrogen-bond acceptors (Lipinski definition) is 3. The molecule has 2 amide bonds. The van der Waals surface area contributed by atoms with Gasteiger partial charge >= 0.3 is 12.1 Å². The van der Waals surface area contributed by atoms with Gasteiger partial charge in [-0.3, -0.25) is 4.79 Å². The van der Waals surface area contributed by atoms with Crippen LogP contribution >= 0.6 is 0 Å². The van der Waals surface area contributed by atoms with E-state index in [9.17, 15) is 19.5 Å². The predicted molar refractivity (Wildman–Crippen MR) is 101 cm³/mol. The summed E-state index contributed by atoms with van der Waals surface area (Å²) in [7, 11) is 3.26. The number of nitrogens with zero attached hydrogens (tertiary/aromatic N) is 3. The van der Waals surface area contributed by atoms with Crippen molar-refractivity contribution in [3.05, 3.63) is 36.8 Å². The second-order valence-electron chi connectivity index (χ2n) is 6.09. The van der Waals surface area contributed by atoms with Crippen LogP contribution in [-0.4, -0.2) is 37.3 Å². The van der Waals surface area contributed by atoms with Gasteiger partial charge in [-0.2, -0.15) is 0 Å². The number of anilines is 3. The van der Waals surface area contributed by atoms with Crippen LogP contribution in [0.25, 0.3) is 5.57 Å². The fraction of sp³-hybridized carbons (Fsp3) is 0.278. The number of aliphatic carboxylic acids is 1. The average molecular weight is 374 g/mol. The second kappa shape index (κ2) is 7.81. The smallest absolute Gasteiger partial charge is 0.417 e. The van der Waals surface area contributed by atoms with Crippen LogP contribution in [0.15, 0.2) is 31.1 Å². The third-order valence-corrected chi connectivity index (χ3v) is 3.98. The lowest BCUT2D eigenvalue weighted by molar-refractivity contribution is -0.130. The van der Waals surface area contributed by atoms with Crippen molar-refractivity contribution < 1.29 is 24.6 Å². The lowest BCUT2D eigenvalue weighted by Gasteiger charge is -2.18. The van der Waals surface area contributed by atoms with E-state index in [2.05, 4.69) is 11.9 Å². The van der Waals surface area contributed by atoms with Crippen molar-refractivity contribution in [1.82, 2.24) is 9.13 Å². The van der Waals surface area contributed by atoms with Gasteiger partial charge in [0.15, 0.2) is 0 Å². The number of carbonyl (C=O) groups excluding carboxylic acids is 1. The third kappa shape index (κ3) is 4.20. The van der Waals surface area contributed by atoms with Crippen LogP contribution in [0.2, 0.25) is 0 Å². The maximum atomic E-state index is 11.9. The van der Waals surface area contributed by atoms with E-state index in [-0.39, 0.29) is 22.9 Å². The minimum atomic E-state index is -1.25. The molecule has 0 aliphatic heterocycles. The molecular formula is C18H22N4O5. The Labute approximate surface area is 156 Å². The fourth-order valence-corrected chi connectivity index (χ4v) is 2.71. The summed E-state index contributed by atoms with van der Waals surface area (Å²) >= 11 is 0. The fourth-order valence-electron chi connectivity index (χ4n) is 2.71. The van der Waals surface area contributed by atoms with Gasteiger partial charge in [0.2, 0.25) is 5.91 Å². The minimum Gasteiger partial charge on any atom is -0.478 e. The first kappa shape index (κ1) is 19.8. The van der Waals surface area contributed by atoms with Crippen molar-refractivity contribution in [1.29, 1.82) is 0 Å². The number of amides is 2. The molecule has 0 saturated carbocycles. The van der Waals surface area contributed by atoms with Crippen molar-refractivity contribution in [2.24, 2.45) is 14.1 Å². The summed E-state index contributed by atoms with van der Waals surface area (Å²) < 4.78 is 3.06. The monoisotopic (exact) mass is 374 g/mol. The van der Waals surface area contributed by atoms with Crippen molar-refractivity contribution >= 4 is 40.7 Å². The van der Waals surface area contributed by atoms with E-state index < -0.39 is 12.1 Å². The molecule has 9 heteroatoms. The number of hydrogen-bond donors (Lipinski definition) is 3. The van der Waals surface area contributed by atoms with Crippen molar-refractivity contribution in [3.63, 3.8) is 0 Å². The summed E-state index contributed by atoms with van der Waals surface area (Å²) in [5.74, 6) is -1.05. The van der Waals surface area contributed by atoms with E-state index >= 15 is 0 Å². The van der Waals surface area contributed by atoms with E-state index in [0.717, 1.165) is 4.90 Å². The molecule has 0 spiro atoms. The molecule has 0 fully saturated rings. The maximum Gasteiger partial charge on any atom is 0.417 e. The van der Waals surface area contributed by atoms with Crippen molar-refractivity contribution in [2.75, 3.05) is 10.2 Å². The van der Waals surface area contributed by atoms with Gasteiger partial charge in [-0.15, -0.1) is 0 Å². The normalized spacial score (nSPS) is 10.5. The Bertz CT molecular complexity index is 909. The van der Waals surface area contributed by atoms with Crippen molar-refractivity contribution in [2.45, 2.75) is 19.8 Å². The maximum absolute atomic E-state index is 11.9. The standard InChI is InChI=1S/C18H22N4O5/c1-5-6-15(23)19-12-7-16(21(4)9-12)22(18(26)27)13-8-14(20(3)10-13)11(2)17(24)25/h7-10H,2,5-6H2,1,3-4H3,(H,19,23)(H,24,25)(H,26,27). The number of carbonyl (C=O) groups is 3. The summed E-state index contributed by atoms with van der Waals surface area (Å²) in [4.78, 5) is 35.8. The molecule has 0 radical (unpaired) electrons. The Morgan fingerprint density at radius 2 is 1.81 bits per heavy atom. The van der Waals surface area contributed by atoms with Gasteiger partial charge in [0.05, 0.1) is 22.6 Å². The molecule has 0 aliphatic rings. The largest absolute Gasteiger partial charge is 0.478 e. The quantitative estimate of drug-likeness (QED) is 0.644. The highest BCUT2D eigenvalue weighted by Crippen LogP contribution is 2.31. The van der Waals surface area contributed by atoms with Crippen LogP contribution in [0.5, 0.6) is 0 Å². The lowest BCUT2D eigenvalue weighted by Crippen LogP contribution is -2.25. The molecule has 0 atom stereocenters. The second-order valence-corrected chi connectivity index (χ2v) is 6.09. The summed E-state index contributed by atoms with van der Waals surface area (Å²) in [5, 5.41) is 21.5. The number of aryl methyl sites for hydroxylation is 2. The zero-order valence-electron chi connectivity index (χ0n) is 15.4. The van der Waals surface area contributed by atoms with E-state index in [4.69, 9.17) is 5.11 Å². The lowest BCUT2D eigenvalue weighted by atomic mass is 10.2. The van der Waals surface area contributed by atoms with Crippen LogP contribution in [0, 0.1) is 0 Å². The summed E-state index contributed by atoms with van der Waals surface area (Å²) in [6.45, 7) is 5.40. The first-order chi connectivity index (χ1) is 12.6. The molecule has 27 heavy (non-hydrogen) atoms. The molecule has 0 aromatic carbocycles. The van der Waals surface area contributed by atoms with Gasteiger partial charge in [0, 0.05) is 39.0 Å². The topological polar surface area (TPSA) is 117 Å². The predicted octanol–water partition coefficient (Wildman–Crippen LogP) is 3.02. The zero-order chi connectivity index (χ0) is 20.3. The Morgan fingerprint density at radius 1 is 1.15 bits per heavy atom. The molecule has 2 aromatic rings. The van der Waals surface area contributed by atoms with Gasteiger partial charge in [0.1, 0.15) is 5.82 Å². The third-order valence-electron chi connectivity index (χ3n) is 3.98. The van der Waals surface area contributed by atoms with Crippen LogP contribution in [0.1, 0.15) is 25.5 Å². The number of nitrogens with one attached hydrogen (secondary N) is 1. The average Bonchev–Trinajstić information content (AvgIpc) is 3.10. The Kier molecular flexibility index (Phi) is 5.74. The number of carboxylic acids is 1. The van der Waals surface area contributed by atoms with Crippen LogP contribution in [-0.2, 0) is 23.7 Å². The highest BCUT2D eigenvalue weighted by atomic mass is 16.4. The molecule has 3 N–H and O–H groups in total. The number of carboxylic acid groups (broad SMARTS) is 2. The summed E-state index contributed by atoms with van der Waals surface area (Å²) in [5.41, 5.74) is 0.876. The molecule has 9 nitrogen and oxygen atoms in total. The first-order valence-electron chi connectivity index (χ1n) is 8.23. The highest BCUT2D eigenvalue weighted by Gasteiger charge is 2.24. The molecule has 144 valence electrons. The van der Waals surface area contributed by atoms with Crippen molar-refractivity contribution in [3.8, 4) is 0 Å². The molecule has 0 saturated heterocycles. The molecule has 2 rings (SSSR count). The van der Waals surface area contributed by atoms with E-state index in [1.807, 2.05) is 6.92 Å². The molecular weight excluding hydrogens is 352 g/mol. The van der Waals surface area contributed by atoms with Crippen LogP contribution < -0.4 is 10.2 Å². The molecule has 0 unspecified atom stereocenters. The SMILES string of the molecule is C=C(C(=O)O)c1cc(N(C(=O)O)c2cc(NC(=O)CCC)cn2C)cn1C. The van der Waals surface area contributed by atoms with E-state index in [1.165, 1.54) is 16.8 Å². The number of rotatable bonds is 7. The minimum absolute atomic E-state index is 0.145. The highest BCUT2D eigenvalue weighted by molar-refractivity contribution is 6.14. The van der Waals surface area contributed by atoms with E-state index in [0.29, 0.717) is 24.3 Å². The number of aromatic nitrogens is 2. The van der Waals surface area contributed by atoms with Gasteiger partial charge in [0.25, 0.3) is 0 Å². The summed E-state index contributed by atoms with van der Waals surface area (Å²) in [6.07, 6.45) is 2.93. The van der Waals surface area contributed by atoms with Gasteiger partial charge in [-0.1, -0.05) is 13.5 Å². The zero-order valence-corrected chi connectivity index (χ0v) is 15.4.